The first-order chi connectivity index (χ1) is 15.4. The highest BCUT2D eigenvalue weighted by Gasteiger charge is 2.23. The van der Waals surface area contributed by atoms with E-state index in [2.05, 4.69) is 21.1 Å². The molecule has 0 bridgehead atoms. The summed E-state index contributed by atoms with van der Waals surface area (Å²) in [6.45, 7) is 10.2. The number of aromatic nitrogens is 4. The fraction of sp³-hybridized carbons (Fsp3) is 0.478. The molecule has 32 heavy (non-hydrogen) atoms. The first-order valence-corrected chi connectivity index (χ1v) is 11.1. The van der Waals surface area contributed by atoms with Crippen molar-refractivity contribution >= 4 is 17.6 Å². The molecule has 0 radical (unpaired) electrons. The maximum atomic E-state index is 13.0. The summed E-state index contributed by atoms with van der Waals surface area (Å²) < 4.78 is 13.1. The maximum absolute atomic E-state index is 13.0. The van der Waals surface area contributed by atoms with Crippen molar-refractivity contribution in [2.45, 2.75) is 53.5 Å². The normalized spacial score (nSPS) is 13.3. The molecular formula is C23H30N6O3. The van der Waals surface area contributed by atoms with E-state index < -0.39 is 0 Å². The lowest BCUT2D eigenvalue weighted by Crippen LogP contribution is -2.36. The fourth-order valence-electron chi connectivity index (χ4n) is 4.29. The van der Waals surface area contributed by atoms with Crippen LogP contribution in [0.25, 0.3) is 5.78 Å². The SMILES string of the molecule is CCOc1cc2c(cc1OCC)CN(C(=O)CCc1c(C)nc3nc(N)nn3c1C)CC2. The van der Waals surface area contributed by atoms with E-state index in [9.17, 15) is 4.79 Å². The average molecular weight is 439 g/mol. The molecular weight excluding hydrogens is 408 g/mol. The number of hydrogen-bond acceptors (Lipinski definition) is 7. The van der Waals surface area contributed by atoms with Gasteiger partial charge in [-0.2, -0.15) is 9.50 Å². The first-order valence-electron chi connectivity index (χ1n) is 11.1. The van der Waals surface area contributed by atoms with Gasteiger partial charge in [0.05, 0.1) is 13.2 Å². The standard InChI is InChI=1S/C23H30N6O3/c1-5-31-19-11-16-9-10-28(13-17(16)12-20(19)32-6-2)21(30)8-7-18-14(3)25-23-26-22(24)27-29(23)15(18)4/h11-12H,5-10,13H2,1-4H3,(H2,24,27). The van der Waals surface area contributed by atoms with Gasteiger partial charge >= 0.3 is 0 Å². The predicted molar refractivity (Wildman–Crippen MR) is 121 cm³/mol. The van der Waals surface area contributed by atoms with Crippen molar-refractivity contribution < 1.29 is 14.3 Å². The molecule has 0 saturated carbocycles. The summed E-state index contributed by atoms with van der Waals surface area (Å²) in [5, 5.41) is 4.20. The highest BCUT2D eigenvalue weighted by atomic mass is 16.5. The number of amides is 1. The number of fused-ring (bicyclic) bond motifs is 2. The van der Waals surface area contributed by atoms with Gasteiger partial charge in [-0.15, -0.1) is 5.10 Å². The van der Waals surface area contributed by atoms with Crippen molar-refractivity contribution in [1.82, 2.24) is 24.5 Å². The Labute approximate surface area is 187 Å². The molecule has 1 aliphatic heterocycles. The summed E-state index contributed by atoms with van der Waals surface area (Å²) in [6, 6.07) is 4.08. The van der Waals surface area contributed by atoms with Crippen molar-refractivity contribution in [3.63, 3.8) is 0 Å². The number of rotatable bonds is 7. The zero-order valence-electron chi connectivity index (χ0n) is 19.1. The van der Waals surface area contributed by atoms with Gasteiger partial charge in [0, 0.05) is 30.9 Å². The number of anilines is 1. The molecule has 1 amide bonds. The van der Waals surface area contributed by atoms with Crippen LogP contribution < -0.4 is 15.2 Å². The van der Waals surface area contributed by atoms with Crippen LogP contribution >= 0.6 is 0 Å². The zero-order chi connectivity index (χ0) is 22.8. The second-order valence-corrected chi connectivity index (χ2v) is 7.94. The Morgan fingerprint density at radius 1 is 1.09 bits per heavy atom. The van der Waals surface area contributed by atoms with Crippen LogP contribution in [0.1, 0.15) is 48.3 Å². The van der Waals surface area contributed by atoms with Gasteiger partial charge in [0.25, 0.3) is 5.78 Å². The second kappa shape index (κ2) is 9.02. The van der Waals surface area contributed by atoms with E-state index in [-0.39, 0.29) is 11.9 Å². The van der Waals surface area contributed by atoms with Gasteiger partial charge in [-0.1, -0.05) is 0 Å². The molecule has 1 aromatic carbocycles. The van der Waals surface area contributed by atoms with Gasteiger partial charge in [0.15, 0.2) is 11.5 Å². The Hall–Kier alpha value is -3.36. The van der Waals surface area contributed by atoms with Crippen LogP contribution in [0.2, 0.25) is 0 Å². The lowest BCUT2D eigenvalue weighted by molar-refractivity contribution is -0.132. The van der Waals surface area contributed by atoms with Crippen molar-refractivity contribution in [3.05, 3.63) is 40.2 Å². The first kappa shape index (κ1) is 21.9. The van der Waals surface area contributed by atoms with Gasteiger partial charge < -0.3 is 20.1 Å². The Morgan fingerprint density at radius 3 is 2.47 bits per heavy atom. The van der Waals surface area contributed by atoms with E-state index in [0.29, 0.717) is 44.9 Å². The molecule has 2 aromatic heterocycles. The van der Waals surface area contributed by atoms with Crippen LogP contribution in [-0.4, -0.2) is 50.1 Å². The van der Waals surface area contributed by atoms with Crippen LogP contribution in [0.3, 0.4) is 0 Å². The monoisotopic (exact) mass is 438 g/mol. The molecule has 3 aromatic rings. The van der Waals surface area contributed by atoms with E-state index in [1.807, 2.05) is 38.7 Å². The van der Waals surface area contributed by atoms with E-state index in [0.717, 1.165) is 40.4 Å². The van der Waals surface area contributed by atoms with E-state index in [4.69, 9.17) is 15.2 Å². The zero-order valence-corrected chi connectivity index (χ0v) is 19.1. The number of ether oxygens (including phenoxy) is 2. The third-order valence-electron chi connectivity index (χ3n) is 5.88. The summed E-state index contributed by atoms with van der Waals surface area (Å²) in [5.74, 6) is 2.31. The van der Waals surface area contributed by atoms with Gasteiger partial charge in [0.2, 0.25) is 11.9 Å². The summed E-state index contributed by atoms with van der Waals surface area (Å²) in [6.07, 6.45) is 1.80. The topological polar surface area (TPSA) is 108 Å². The predicted octanol–water partition coefficient (Wildman–Crippen LogP) is 2.64. The molecule has 4 rings (SSSR count). The minimum Gasteiger partial charge on any atom is -0.490 e. The highest BCUT2D eigenvalue weighted by Crippen LogP contribution is 2.34. The quantitative estimate of drug-likeness (QED) is 0.604. The lowest BCUT2D eigenvalue weighted by Gasteiger charge is -2.30. The number of nitrogens with two attached hydrogens (primary N) is 1. The molecule has 170 valence electrons. The van der Waals surface area contributed by atoms with Crippen LogP contribution in [0.15, 0.2) is 12.1 Å². The molecule has 3 heterocycles. The molecule has 0 fully saturated rings. The maximum Gasteiger partial charge on any atom is 0.254 e. The van der Waals surface area contributed by atoms with Gasteiger partial charge in [-0.05, 0) is 69.4 Å². The van der Waals surface area contributed by atoms with E-state index >= 15 is 0 Å². The van der Waals surface area contributed by atoms with E-state index in [1.54, 1.807) is 4.52 Å². The summed E-state index contributed by atoms with van der Waals surface area (Å²) in [4.78, 5) is 23.6. The molecule has 0 spiro atoms. The molecule has 9 heteroatoms. The average Bonchev–Trinajstić information content (AvgIpc) is 3.14. The number of nitrogen functional groups attached to an aromatic ring is 1. The largest absolute Gasteiger partial charge is 0.490 e. The molecule has 9 nitrogen and oxygen atoms in total. The Morgan fingerprint density at radius 2 is 1.78 bits per heavy atom. The molecule has 0 atom stereocenters. The fourth-order valence-corrected chi connectivity index (χ4v) is 4.29. The number of nitrogens with zero attached hydrogens (tertiary/aromatic N) is 5. The third kappa shape index (κ3) is 4.19. The van der Waals surface area contributed by atoms with Crippen LogP contribution in [0.5, 0.6) is 11.5 Å². The highest BCUT2D eigenvalue weighted by molar-refractivity contribution is 5.77. The second-order valence-electron chi connectivity index (χ2n) is 7.94. The number of aryl methyl sites for hydroxylation is 2. The summed E-state index contributed by atoms with van der Waals surface area (Å²) >= 11 is 0. The molecule has 0 unspecified atom stereocenters. The molecule has 0 saturated heterocycles. The van der Waals surface area contributed by atoms with Crippen LogP contribution in [-0.2, 0) is 24.2 Å². The van der Waals surface area contributed by atoms with Crippen molar-refractivity contribution in [2.75, 3.05) is 25.5 Å². The number of hydrogen-bond donors (Lipinski definition) is 1. The van der Waals surface area contributed by atoms with E-state index in [1.165, 1.54) is 5.56 Å². The molecule has 2 N–H and O–H groups in total. The number of carbonyl (C=O) groups is 1. The van der Waals surface area contributed by atoms with Gasteiger partial charge in [0.1, 0.15) is 0 Å². The van der Waals surface area contributed by atoms with Gasteiger partial charge in [-0.25, -0.2) is 4.98 Å². The Balaban J connectivity index is 1.48. The van der Waals surface area contributed by atoms with Gasteiger partial charge in [-0.3, -0.25) is 4.79 Å². The lowest BCUT2D eigenvalue weighted by atomic mass is 9.98. The van der Waals surface area contributed by atoms with Crippen LogP contribution in [0.4, 0.5) is 5.95 Å². The summed E-state index contributed by atoms with van der Waals surface area (Å²) in [7, 11) is 0. The molecule has 1 aliphatic rings. The smallest absolute Gasteiger partial charge is 0.254 e. The Bertz CT molecular complexity index is 1160. The Kier molecular flexibility index (Phi) is 6.16. The van der Waals surface area contributed by atoms with Crippen LogP contribution in [0, 0.1) is 13.8 Å². The minimum atomic E-state index is 0.125. The van der Waals surface area contributed by atoms with Crippen molar-refractivity contribution in [1.29, 1.82) is 0 Å². The van der Waals surface area contributed by atoms with Crippen molar-refractivity contribution in [2.24, 2.45) is 0 Å². The number of benzene rings is 1. The molecule has 0 aliphatic carbocycles. The summed E-state index contributed by atoms with van der Waals surface area (Å²) in [5.41, 5.74) is 10.8. The minimum absolute atomic E-state index is 0.125. The third-order valence-corrected chi connectivity index (χ3v) is 5.88. The van der Waals surface area contributed by atoms with Crippen molar-refractivity contribution in [3.8, 4) is 11.5 Å². The number of carbonyl (C=O) groups excluding carboxylic acids is 1.